The molecule has 1 aromatic rings. The maximum atomic E-state index is 5.85. The molecule has 12 heavy (non-hydrogen) atoms. The summed E-state index contributed by atoms with van der Waals surface area (Å²) in [6.07, 6.45) is 0. The fourth-order valence-electron chi connectivity index (χ4n) is 0.978. The third-order valence-corrected chi connectivity index (χ3v) is 1.77. The zero-order valence-corrected chi connectivity index (χ0v) is 8.03. The van der Waals surface area contributed by atoms with Crippen LogP contribution in [0.4, 0.5) is 0 Å². The highest BCUT2D eigenvalue weighted by atomic mass is 35.5. The third-order valence-electron chi connectivity index (χ3n) is 1.50. The second-order valence-corrected chi connectivity index (χ2v) is 2.75. The Kier molecular flexibility index (Phi) is 2.82. The average Bonchev–Trinajstić information content (AvgIpc) is 2.03. The van der Waals surface area contributed by atoms with Crippen LogP contribution >= 0.6 is 11.6 Å². The van der Waals surface area contributed by atoms with Crippen molar-refractivity contribution in [3.8, 4) is 11.5 Å². The summed E-state index contributed by atoms with van der Waals surface area (Å²) in [4.78, 5) is 0. The molecule has 3 heteroatoms. The number of ether oxygens (including phenoxy) is 2. The topological polar surface area (TPSA) is 18.5 Å². The normalized spacial score (nSPS) is 9.67. The fraction of sp³-hybridized carbons (Fsp3) is 0.333. The van der Waals surface area contributed by atoms with Gasteiger partial charge in [-0.3, -0.25) is 0 Å². The van der Waals surface area contributed by atoms with Crippen LogP contribution in [0.3, 0.4) is 0 Å². The molecule has 0 heterocycles. The highest BCUT2D eigenvalue weighted by Crippen LogP contribution is 2.35. The summed E-state index contributed by atoms with van der Waals surface area (Å²) < 4.78 is 10.1. The molecule has 0 saturated carbocycles. The molecule has 65 valence electrons. The van der Waals surface area contributed by atoms with E-state index < -0.39 is 0 Å². The van der Waals surface area contributed by atoms with E-state index in [1.165, 1.54) is 0 Å². The van der Waals surface area contributed by atoms with Gasteiger partial charge in [-0.05, 0) is 18.6 Å². The largest absolute Gasteiger partial charge is 0.493 e. The minimum absolute atomic E-state index is 0.453. The highest BCUT2D eigenvalue weighted by molar-refractivity contribution is 6.32. The predicted octanol–water partition coefficient (Wildman–Crippen LogP) is 2.47. The fourth-order valence-corrected chi connectivity index (χ4v) is 1.30. The van der Waals surface area contributed by atoms with Crippen LogP contribution in [0.5, 0.6) is 11.5 Å². The van der Waals surface area contributed by atoms with Crippen LogP contribution < -0.4 is 9.47 Å². The lowest BCUT2D eigenvalue weighted by Crippen LogP contribution is -1.92. The first-order chi connectivity index (χ1) is 5.69. The number of rotatable bonds is 2. The predicted molar refractivity (Wildman–Crippen MR) is 48.1 cm³/mol. The van der Waals surface area contributed by atoms with Crippen LogP contribution in [-0.2, 0) is 0 Å². The summed E-state index contributed by atoms with van der Waals surface area (Å²) in [6.45, 7) is 1.90. The van der Waals surface area contributed by atoms with Crippen molar-refractivity contribution in [3.05, 3.63) is 22.7 Å². The maximum Gasteiger partial charge on any atom is 0.180 e. The van der Waals surface area contributed by atoms with Gasteiger partial charge < -0.3 is 9.47 Å². The second-order valence-electron chi connectivity index (χ2n) is 2.37. The van der Waals surface area contributed by atoms with Gasteiger partial charge in [-0.25, -0.2) is 0 Å². The molecule has 1 rings (SSSR count). The first-order valence-electron chi connectivity index (χ1n) is 3.49. The Bertz CT molecular complexity index is 284. The SMILES string of the molecule is COc1cc(C)[c]c(Cl)c1OC. The summed E-state index contributed by atoms with van der Waals surface area (Å²) >= 11 is 5.85. The smallest absolute Gasteiger partial charge is 0.180 e. The molecule has 0 atom stereocenters. The lowest BCUT2D eigenvalue weighted by atomic mass is 10.2. The van der Waals surface area contributed by atoms with E-state index in [4.69, 9.17) is 21.1 Å². The van der Waals surface area contributed by atoms with E-state index in [1.54, 1.807) is 14.2 Å². The van der Waals surface area contributed by atoms with Crippen LogP contribution in [0.2, 0.25) is 5.02 Å². The number of benzene rings is 1. The van der Waals surface area contributed by atoms with E-state index in [-0.39, 0.29) is 0 Å². The lowest BCUT2D eigenvalue weighted by molar-refractivity contribution is 0.355. The zero-order chi connectivity index (χ0) is 9.14. The van der Waals surface area contributed by atoms with Crippen LogP contribution in [0.15, 0.2) is 6.07 Å². The van der Waals surface area contributed by atoms with Gasteiger partial charge in [0, 0.05) is 6.07 Å². The molecule has 0 bridgehead atoms. The van der Waals surface area contributed by atoms with Crippen molar-refractivity contribution >= 4 is 11.6 Å². The Morgan fingerprint density at radius 1 is 1.33 bits per heavy atom. The van der Waals surface area contributed by atoms with E-state index in [0.29, 0.717) is 16.5 Å². The quantitative estimate of drug-likeness (QED) is 0.705. The average molecular weight is 186 g/mol. The number of hydrogen-bond donors (Lipinski definition) is 0. The van der Waals surface area contributed by atoms with Gasteiger partial charge in [-0.1, -0.05) is 11.6 Å². The third kappa shape index (κ3) is 1.64. The molecule has 0 saturated heterocycles. The molecule has 1 aromatic carbocycles. The molecule has 0 aromatic heterocycles. The molecule has 1 radical (unpaired) electrons. The van der Waals surface area contributed by atoms with Crippen molar-refractivity contribution < 1.29 is 9.47 Å². The summed E-state index contributed by atoms with van der Waals surface area (Å²) in [7, 11) is 3.13. The van der Waals surface area contributed by atoms with Crippen LogP contribution in [0, 0.1) is 13.0 Å². The summed E-state index contributed by atoms with van der Waals surface area (Å²) in [6, 6.07) is 4.75. The molecule has 0 fully saturated rings. The molecule has 0 amide bonds. The summed E-state index contributed by atoms with van der Waals surface area (Å²) in [5.41, 5.74) is 0.928. The number of halogens is 1. The van der Waals surface area contributed by atoms with Crippen molar-refractivity contribution in [1.82, 2.24) is 0 Å². The molecule has 0 aliphatic heterocycles. The number of aryl methyl sites for hydroxylation is 1. The Labute approximate surface area is 77.1 Å². The zero-order valence-electron chi connectivity index (χ0n) is 7.27. The first-order valence-corrected chi connectivity index (χ1v) is 3.87. The molecule has 0 aliphatic rings. The Morgan fingerprint density at radius 2 is 2.00 bits per heavy atom. The minimum atomic E-state index is 0.453. The molecule has 0 spiro atoms. The van der Waals surface area contributed by atoms with E-state index in [9.17, 15) is 0 Å². The molecular formula is C9H10ClO2. The van der Waals surface area contributed by atoms with Gasteiger partial charge in [0.1, 0.15) is 0 Å². The summed E-state index contributed by atoms with van der Waals surface area (Å²) in [5, 5.41) is 0.453. The molecule has 0 N–H and O–H groups in total. The molecule has 2 nitrogen and oxygen atoms in total. The molecule has 0 unspecified atom stereocenters. The first kappa shape index (κ1) is 9.20. The van der Waals surface area contributed by atoms with Gasteiger partial charge in [-0.15, -0.1) is 0 Å². The Morgan fingerprint density at radius 3 is 2.50 bits per heavy atom. The number of methoxy groups -OCH3 is 2. The van der Waals surface area contributed by atoms with E-state index >= 15 is 0 Å². The van der Waals surface area contributed by atoms with Gasteiger partial charge in [0.25, 0.3) is 0 Å². The van der Waals surface area contributed by atoms with Crippen molar-refractivity contribution in [1.29, 1.82) is 0 Å². The van der Waals surface area contributed by atoms with E-state index in [0.717, 1.165) is 5.56 Å². The standard InChI is InChI=1S/C9H10ClO2/c1-6-4-7(10)9(12-3)8(5-6)11-2/h5H,1-3H3. The van der Waals surface area contributed by atoms with Gasteiger partial charge in [0.05, 0.1) is 19.2 Å². The van der Waals surface area contributed by atoms with Gasteiger partial charge in [0.15, 0.2) is 11.5 Å². The highest BCUT2D eigenvalue weighted by Gasteiger charge is 2.08. The van der Waals surface area contributed by atoms with Crippen molar-refractivity contribution in [2.45, 2.75) is 6.92 Å². The van der Waals surface area contributed by atoms with Crippen LogP contribution in [0.25, 0.3) is 0 Å². The monoisotopic (exact) mass is 185 g/mol. The summed E-state index contributed by atoms with van der Waals surface area (Å²) in [5.74, 6) is 1.17. The van der Waals surface area contributed by atoms with E-state index in [1.807, 2.05) is 13.0 Å². The molecular weight excluding hydrogens is 176 g/mol. The second kappa shape index (κ2) is 3.68. The van der Waals surface area contributed by atoms with Gasteiger partial charge in [0.2, 0.25) is 0 Å². The number of hydrogen-bond acceptors (Lipinski definition) is 2. The Balaban J connectivity index is 3.24. The molecule has 0 aliphatic carbocycles. The minimum Gasteiger partial charge on any atom is -0.493 e. The van der Waals surface area contributed by atoms with E-state index in [2.05, 4.69) is 6.07 Å². The van der Waals surface area contributed by atoms with Gasteiger partial charge >= 0.3 is 0 Å². The van der Waals surface area contributed by atoms with Gasteiger partial charge in [-0.2, -0.15) is 0 Å². The van der Waals surface area contributed by atoms with Crippen molar-refractivity contribution in [2.75, 3.05) is 14.2 Å². The Hall–Kier alpha value is -0.890. The maximum absolute atomic E-state index is 5.85. The van der Waals surface area contributed by atoms with Crippen LogP contribution in [0.1, 0.15) is 5.56 Å². The van der Waals surface area contributed by atoms with Crippen molar-refractivity contribution in [3.63, 3.8) is 0 Å². The lowest BCUT2D eigenvalue weighted by Gasteiger charge is -2.09. The van der Waals surface area contributed by atoms with Crippen molar-refractivity contribution in [2.24, 2.45) is 0 Å². The van der Waals surface area contributed by atoms with Crippen LogP contribution in [-0.4, -0.2) is 14.2 Å².